The van der Waals surface area contributed by atoms with Gasteiger partial charge in [-0.1, -0.05) is 12.1 Å². The summed E-state index contributed by atoms with van der Waals surface area (Å²) in [6.07, 6.45) is 3.29. The molecule has 158 valence electrons. The summed E-state index contributed by atoms with van der Waals surface area (Å²) < 4.78 is 5.82. The first kappa shape index (κ1) is 21.7. The molecule has 1 saturated heterocycles. The third kappa shape index (κ3) is 6.26. The van der Waals surface area contributed by atoms with Crippen molar-refractivity contribution in [2.45, 2.75) is 38.8 Å². The molecule has 6 nitrogen and oxygen atoms in total. The van der Waals surface area contributed by atoms with Crippen LogP contribution in [-0.2, 0) is 11.3 Å². The largest absolute Gasteiger partial charge is 0.376 e. The second-order valence-corrected chi connectivity index (χ2v) is 8.51. The number of hydrogen-bond acceptors (Lipinski definition) is 4. The van der Waals surface area contributed by atoms with Crippen molar-refractivity contribution in [3.05, 3.63) is 45.7 Å². The van der Waals surface area contributed by atoms with Crippen molar-refractivity contribution in [2.75, 3.05) is 40.3 Å². The van der Waals surface area contributed by atoms with E-state index in [1.807, 2.05) is 25.1 Å². The van der Waals surface area contributed by atoms with Crippen LogP contribution >= 0.6 is 12.2 Å². The molecule has 1 aromatic heterocycles. The zero-order valence-electron chi connectivity index (χ0n) is 17.7. The topological polar surface area (TPSA) is 60.6 Å². The van der Waals surface area contributed by atoms with Crippen molar-refractivity contribution >= 4 is 28.2 Å². The van der Waals surface area contributed by atoms with E-state index < -0.39 is 0 Å². The monoisotopic (exact) mass is 416 g/mol. The highest BCUT2D eigenvalue weighted by atomic mass is 32.1. The molecule has 0 bridgehead atoms. The van der Waals surface area contributed by atoms with Crippen LogP contribution in [0.2, 0.25) is 0 Å². The minimum absolute atomic E-state index is 0.0594. The SMILES string of the molecule is Cc1ccc2cc(CN(CC3CCCO3)C(=S)NCCCN(C)C)c(=O)[nH]c2c1. The fourth-order valence-electron chi connectivity index (χ4n) is 3.64. The van der Waals surface area contributed by atoms with Gasteiger partial charge in [0, 0.05) is 30.8 Å². The van der Waals surface area contributed by atoms with E-state index >= 15 is 0 Å². The molecule has 1 aliphatic rings. The van der Waals surface area contributed by atoms with Crippen molar-refractivity contribution < 1.29 is 4.74 Å². The van der Waals surface area contributed by atoms with E-state index in [-0.39, 0.29) is 11.7 Å². The molecule has 0 amide bonds. The summed E-state index contributed by atoms with van der Waals surface area (Å²) in [4.78, 5) is 19.9. The molecule has 2 aromatic rings. The fourth-order valence-corrected chi connectivity index (χ4v) is 3.88. The number of hydrogen-bond donors (Lipinski definition) is 2. The van der Waals surface area contributed by atoms with Gasteiger partial charge in [-0.15, -0.1) is 0 Å². The lowest BCUT2D eigenvalue weighted by atomic mass is 10.1. The van der Waals surface area contributed by atoms with Gasteiger partial charge in [-0.05, 0) is 82.1 Å². The molecule has 2 heterocycles. The number of rotatable bonds is 8. The van der Waals surface area contributed by atoms with E-state index in [0.29, 0.717) is 18.2 Å². The van der Waals surface area contributed by atoms with Crippen molar-refractivity contribution in [1.82, 2.24) is 20.1 Å². The van der Waals surface area contributed by atoms with E-state index in [0.717, 1.165) is 61.0 Å². The number of thiocarbonyl (C=S) groups is 1. The summed E-state index contributed by atoms with van der Waals surface area (Å²) in [5.74, 6) is 0. The number of fused-ring (bicyclic) bond motifs is 1. The van der Waals surface area contributed by atoms with Crippen LogP contribution in [0.15, 0.2) is 29.1 Å². The van der Waals surface area contributed by atoms with Crippen LogP contribution in [0.3, 0.4) is 0 Å². The van der Waals surface area contributed by atoms with E-state index in [9.17, 15) is 4.79 Å². The molecule has 0 radical (unpaired) electrons. The Bertz CT molecular complexity index is 890. The number of H-pyrrole nitrogens is 1. The molecule has 7 heteroatoms. The molecule has 1 aromatic carbocycles. The number of benzene rings is 1. The molecule has 1 fully saturated rings. The summed E-state index contributed by atoms with van der Waals surface area (Å²) in [6.45, 7) is 5.81. The number of aromatic nitrogens is 1. The van der Waals surface area contributed by atoms with E-state index in [1.54, 1.807) is 0 Å². The van der Waals surface area contributed by atoms with Crippen LogP contribution in [-0.4, -0.2) is 66.3 Å². The van der Waals surface area contributed by atoms with Crippen molar-refractivity contribution in [3.63, 3.8) is 0 Å². The highest BCUT2D eigenvalue weighted by Crippen LogP contribution is 2.17. The molecule has 1 unspecified atom stereocenters. The van der Waals surface area contributed by atoms with Gasteiger partial charge in [0.05, 0.1) is 12.6 Å². The van der Waals surface area contributed by atoms with Crippen LogP contribution in [0.5, 0.6) is 0 Å². The maximum Gasteiger partial charge on any atom is 0.253 e. The normalized spacial score (nSPS) is 16.5. The second-order valence-electron chi connectivity index (χ2n) is 8.12. The molecule has 0 spiro atoms. The number of aromatic amines is 1. The Morgan fingerprint density at radius 3 is 2.90 bits per heavy atom. The minimum Gasteiger partial charge on any atom is -0.376 e. The first-order valence-corrected chi connectivity index (χ1v) is 10.7. The number of pyridine rings is 1. The zero-order chi connectivity index (χ0) is 20.8. The van der Waals surface area contributed by atoms with Crippen LogP contribution in [0.25, 0.3) is 10.9 Å². The molecule has 2 N–H and O–H groups in total. The van der Waals surface area contributed by atoms with Crippen molar-refractivity contribution in [1.29, 1.82) is 0 Å². The summed E-state index contributed by atoms with van der Waals surface area (Å²) in [6, 6.07) is 8.09. The second kappa shape index (κ2) is 10.2. The number of aryl methyl sites for hydroxylation is 1. The smallest absolute Gasteiger partial charge is 0.253 e. The number of nitrogens with one attached hydrogen (secondary N) is 2. The van der Waals surface area contributed by atoms with Gasteiger partial charge in [-0.2, -0.15) is 0 Å². The maximum absolute atomic E-state index is 12.7. The van der Waals surface area contributed by atoms with Crippen LogP contribution in [0.4, 0.5) is 0 Å². The quantitative estimate of drug-likeness (QED) is 0.510. The molecule has 0 aliphatic carbocycles. The fraction of sp³-hybridized carbons (Fsp3) is 0.545. The molecule has 1 atom stereocenters. The van der Waals surface area contributed by atoms with Gasteiger partial charge in [0.2, 0.25) is 0 Å². The predicted molar refractivity (Wildman–Crippen MR) is 122 cm³/mol. The Hall–Kier alpha value is -1.96. The van der Waals surface area contributed by atoms with Gasteiger partial charge < -0.3 is 24.8 Å². The highest BCUT2D eigenvalue weighted by molar-refractivity contribution is 7.80. The van der Waals surface area contributed by atoms with E-state index in [4.69, 9.17) is 17.0 Å². The van der Waals surface area contributed by atoms with Gasteiger partial charge in [-0.3, -0.25) is 4.79 Å². The molecule has 3 rings (SSSR count). The number of nitrogens with zero attached hydrogens (tertiary/aromatic N) is 2. The van der Waals surface area contributed by atoms with Gasteiger partial charge in [-0.25, -0.2) is 0 Å². The van der Waals surface area contributed by atoms with Gasteiger partial charge in [0.1, 0.15) is 0 Å². The average Bonchev–Trinajstić information content (AvgIpc) is 3.18. The van der Waals surface area contributed by atoms with Crippen LogP contribution in [0.1, 0.15) is 30.4 Å². The Morgan fingerprint density at radius 2 is 2.17 bits per heavy atom. The Kier molecular flexibility index (Phi) is 7.64. The average molecular weight is 417 g/mol. The first-order chi connectivity index (χ1) is 13.9. The lowest BCUT2D eigenvalue weighted by Crippen LogP contribution is -2.44. The molecule has 1 aliphatic heterocycles. The predicted octanol–water partition coefficient (Wildman–Crippen LogP) is 2.64. The minimum atomic E-state index is -0.0594. The molecule has 0 saturated carbocycles. The Balaban J connectivity index is 1.74. The third-order valence-electron chi connectivity index (χ3n) is 5.23. The Morgan fingerprint density at radius 1 is 1.34 bits per heavy atom. The highest BCUT2D eigenvalue weighted by Gasteiger charge is 2.22. The molecule has 29 heavy (non-hydrogen) atoms. The van der Waals surface area contributed by atoms with Gasteiger partial charge in [0.25, 0.3) is 5.56 Å². The van der Waals surface area contributed by atoms with E-state index in [1.165, 1.54) is 0 Å². The van der Waals surface area contributed by atoms with Crippen molar-refractivity contribution in [2.24, 2.45) is 0 Å². The van der Waals surface area contributed by atoms with Crippen LogP contribution < -0.4 is 10.9 Å². The standard InChI is InChI=1S/C22H32N4O2S/c1-16-7-8-17-13-18(21(27)24-20(17)12-16)14-26(15-19-6-4-11-28-19)22(29)23-9-5-10-25(2)3/h7-8,12-13,19H,4-6,9-11,14-15H2,1-3H3,(H,23,29)(H,24,27). The maximum atomic E-state index is 12.7. The first-order valence-electron chi connectivity index (χ1n) is 10.3. The summed E-state index contributed by atoms with van der Waals surface area (Å²) >= 11 is 5.68. The Labute approximate surface area is 178 Å². The third-order valence-corrected chi connectivity index (χ3v) is 5.64. The lowest BCUT2D eigenvalue weighted by molar-refractivity contribution is 0.0897. The van der Waals surface area contributed by atoms with Crippen LogP contribution in [0, 0.1) is 6.92 Å². The van der Waals surface area contributed by atoms with E-state index in [2.05, 4.69) is 40.3 Å². The molecular formula is C22H32N4O2S. The van der Waals surface area contributed by atoms with Gasteiger partial charge >= 0.3 is 0 Å². The van der Waals surface area contributed by atoms with Gasteiger partial charge in [0.15, 0.2) is 5.11 Å². The molecular weight excluding hydrogens is 384 g/mol. The lowest BCUT2D eigenvalue weighted by Gasteiger charge is -2.28. The number of ether oxygens (including phenoxy) is 1. The zero-order valence-corrected chi connectivity index (χ0v) is 18.5. The summed E-state index contributed by atoms with van der Waals surface area (Å²) in [5.41, 5.74) is 2.66. The van der Waals surface area contributed by atoms with Crippen molar-refractivity contribution in [3.8, 4) is 0 Å². The summed E-state index contributed by atoms with van der Waals surface area (Å²) in [5, 5.41) is 5.08. The summed E-state index contributed by atoms with van der Waals surface area (Å²) in [7, 11) is 4.13.